The number of benzene rings is 1. The Morgan fingerprint density at radius 1 is 0.885 bits per heavy atom. The zero-order valence-corrected chi connectivity index (χ0v) is 17.1. The summed E-state index contributed by atoms with van der Waals surface area (Å²) < 4.78 is 10.8. The summed E-state index contributed by atoms with van der Waals surface area (Å²) in [5, 5.41) is 0. The Bertz CT molecular complexity index is 465. The van der Waals surface area contributed by atoms with Crippen LogP contribution in [-0.4, -0.2) is 25.8 Å². The molecule has 0 heterocycles. The van der Waals surface area contributed by atoms with Crippen molar-refractivity contribution in [3.8, 4) is 0 Å². The summed E-state index contributed by atoms with van der Waals surface area (Å²) in [6.45, 7) is 8.31. The van der Waals surface area contributed by atoms with Crippen LogP contribution < -0.4 is 0 Å². The molecule has 1 aromatic carbocycles. The Morgan fingerprint density at radius 2 is 1.58 bits per heavy atom. The second-order valence-electron chi connectivity index (χ2n) is 7.50. The van der Waals surface area contributed by atoms with Crippen LogP contribution in [0.3, 0.4) is 0 Å². The molecule has 0 aliphatic carbocycles. The van der Waals surface area contributed by atoms with Gasteiger partial charge >= 0.3 is 5.97 Å². The highest BCUT2D eigenvalue weighted by atomic mass is 16.6. The van der Waals surface area contributed by atoms with Crippen LogP contribution in [0.4, 0.5) is 0 Å². The molecule has 3 heteroatoms. The minimum atomic E-state index is -0.263. The van der Waals surface area contributed by atoms with Gasteiger partial charge in [0.2, 0.25) is 0 Å². The van der Waals surface area contributed by atoms with Crippen molar-refractivity contribution < 1.29 is 14.3 Å². The third kappa shape index (κ3) is 11.3. The van der Waals surface area contributed by atoms with E-state index in [1.165, 1.54) is 50.5 Å². The molecule has 0 N–H and O–H groups in total. The zero-order valence-electron chi connectivity index (χ0n) is 17.1. The average Bonchev–Trinajstić information content (AvgIpc) is 2.64. The molecule has 0 spiro atoms. The summed E-state index contributed by atoms with van der Waals surface area (Å²) in [6, 6.07) is 7.74. The van der Waals surface area contributed by atoms with Crippen molar-refractivity contribution in [3.63, 3.8) is 0 Å². The number of unbranched alkanes of at least 4 members (excludes halogenated alkanes) is 5. The molecular formula is C23H38O3. The predicted molar refractivity (Wildman–Crippen MR) is 109 cm³/mol. The maximum absolute atomic E-state index is 12.0. The maximum atomic E-state index is 12.0. The van der Waals surface area contributed by atoms with Gasteiger partial charge in [-0.1, -0.05) is 71.4 Å². The number of esters is 1. The van der Waals surface area contributed by atoms with Gasteiger partial charge in [0.1, 0.15) is 6.61 Å². The summed E-state index contributed by atoms with van der Waals surface area (Å²) in [6.07, 6.45) is 11.0. The Kier molecular flexibility index (Phi) is 12.9. The van der Waals surface area contributed by atoms with Crippen LogP contribution in [0.25, 0.3) is 0 Å². The fourth-order valence-electron chi connectivity index (χ4n) is 2.85. The smallest absolute Gasteiger partial charge is 0.338 e. The van der Waals surface area contributed by atoms with E-state index < -0.39 is 0 Å². The molecule has 1 rings (SSSR count). The minimum Gasteiger partial charge on any atom is -0.460 e. The number of carbonyl (C=O) groups excluding carboxylic acids is 1. The first-order valence-corrected chi connectivity index (χ1v) is 10.5. The van der Waals surface area contributed by atoms with Crippen molar-refractivity contribution in [2.45, 2.75) is 78.6 Å². The van der Waals surface area contributed by atoms with Crippen LogP contribution in [0.5, 0.6) is 0 Å². The van der Waals surface area contributed by atoms with E-state index in [2.05, 4.69) is 20.8 Å². The SMILES string of the molecule is CCCCc1ccc(C(=O)OCCOCCCCCCCC(C)C)cc1. The molecule has 0 aliphatic heterocycles. The fraction of sp³-hybridized carbons (Fsp3) is 0.696. The van der Waals surface area contributed by atoms with Gasteiger partial charge in [-0.25, -0.2) is 4.79 Å². The topological polar surface area (TPSA) is 35.5 Å². The molecule has 1 aromatic rings. The summed E-state index contributed by atoms with van der Waals surface area (Å²) >= 11 is 0. The molecule has 0 radical (unpaired) electrons. The Balaban J connectivity index is 1.99. The molecule has 0 aromatic heterocycles. The molecule has 0 saturated heterocycles. The Morgan fingerprint density at radius 3 is 2.27 bits per heavy atom. The monoisotopic (exact) mass is 362 g/mol. The van der Waals surface area contributed by atoms with Gasteiger partial charge in [-0.15, -0.1) is 0 Å². The second-order valence-corrected chi connectivity index (χ2v) is 7.50. The summed E-state index contributed by atoms with van der Waals surface area (Å²) in [7, 11) is 0. The van der Waals surface area contributed by atoms with Gasteiger partial charge in [0.05, 0.1) is 12.2 Å². The minimum absolute atomic E-state index is 0.263. The van der Waals surface area contributed by atoms with Crippen LogP contribution in [0.15, 0.2) is 24.3 Å². The average molecular weight is 363 g/mol. The van der Waals surface area contributed by atoms with Crippen molar-refractivity contribution in [2.75, 3.05) is 19.8 Å². The number of aryl methyl sites for hydroxylation is 1. The van der Waals surface area contributed by atoms with E-state index in [1.54, 1.807) is 0 Å². The van der Waals surface area contributed by atoms with Crippen molar-refractivity contribution >= 4 is 5.97 Å². The summed E-state index contributed by atoms with van der Waals surface area (Å²) in [5.74, 6) is 0.556. The maximum Gasteiger partial charge on any atom is 0.338 e. The lowest BCUT2D eigenvalue weighted by atomic mass is 10.0. The molecule has 0 bridgehead atoms. The standard InChI is InChI=1S/C23H38O3/c1-4-5-12-21-13-15-22(16-14-21)23(24)26-19-18-25-17-10-8-6-7-9-11-20(2)3/h13-16,20H,4-12,17-19H2,1-3H3. The first kappa shape index (κ1) is 22.7. The molecule has 3 nitrogen and oxygen atoms in total. The molecule has 148 valence electrons. The predicted octanol–water partition coefficient (Wildman–Crippen LogP) is 6.20. The molecule has 0 atom stereocenters. The molecule has 26 heavy (non-hydrogen) atoms. The lowest BCUT2D eigenvalue weighted by Gasteiger charge is -2.07. The van der Waals surface area contributed by atoms with Gasteiger partial charge in [0.25, 0.3) is 0 Å². The number of carbonyl (C=O) groups is 1. The van der Waals surface area contributed by atoms with Gasteiger partial charge < -0.3 is 9.47 Å². The number of ether oxygens (including phenoxy) is 2. The zero-order chi connectivity index (χ0) is 19.0. The Labute approximate surface area is 160 Å². The normalized spacial score (nSPS) is 11.1. The highest BCUT2D eigenvalue weighted by Crippen LogP contribution is 2.11. The van der Waals surface area contributed by atoms with Crippen LogP contribution in [0, 0.1) is 5.92 Å². The van der Waals surface area contributed by atoms with Gasteiger partial charge in [-0.05, 0) is 42.9 Å². The third-order valence-electron chi connectivity index (χ3n) is 4.54. The van der Waals surface area contributed by atoms with E-state index in [-0.39, 0.29) is 5.97 Å². The van der Waals surface area contributed by atoms with Gasteiger partial charge in [0, 0.05) is 6.61 Å². The number of hydrogen-bond acceptors (Lipinski definition) is 3. The first-order valence-electron chi connectivity index (χ1n) is 10.5. The largest absolute Gasteiger partial charge is 0.460 e. The Hall–Kier alpha value is -1.35. The summed E-state index contributed by atoms with van der Waals surface area (Å²) in [4.78, 5) is 12.0. The van der Waals surface area contributed by atoms with Crippen molar-refractivity contribution in [1.29, 1.82) is 0 Å². The molecule has 0 fully saturated rings. The fourth-order valence-corrected chi connectivity index (χ4v) is 2.85. The molecular weight excluding hydrogens is 324 g/mol. The highest BCUT2D eigenvalue weighted by Gasteiger charge is 2.06. The van der Waals surface area contributed by atoms with Crippen molar-refractivity contribution in [3.05, 3.63) is 35.4 Å². The van der Waals surface area contributed by atoms with E-state index in [9.17, 15) is 4.79 Å². The van der Waals surface area contributed by atoms with Crippen molar-refractivity contribution in [1.82, 2.24) is 0 Å². The molecule has 0 unspecified atom stereocenters. The molecule has 0 saturated carbocycles. The highest BCUT2D eigenvalue weighted by molar-refractivity contribution is 5.89. The molecule has 0 amide bonds. The van der Waals surface area contributed by atoms with E-state index in [0.717, 1.165) is 25.4 Å². The van der Waals surface area contributed by atoms with Crippen LogP contribution in [0.2, 0.25) is 0 Å². The van der Waals surface area contributed by atoms with Crippen LogP contribution in [0.1, 0.15) is 88.1 Å². The number of hydrogen-bond donors (Lipinski definition) is 0. The van der Waals surface area contributed by atoms with Gasteiger partial charge in [0.15, 0.2) is 0 Å². The van der Waals surface area contributed by atoms with Crippen molar-refractivity contribution in [2.24, 2.45) is 5.92 Å². The summed E-state index contributed by atoms with van der Waals surface area (Å²) in [5.41, 5.74) is 1.89. The van der Waals surface area contributed by atoms with E-state index in [0.29, 0.717) is 18.8 Å². The quantitative estimate of drug-likeness (QED) is 0.275. The van der Waals surface area contributed by atoms with Gasteiger partial charge in [-0.3, -0.25) is 0 Å². The van der Waals surface area contributed by atoms with E-state index in [4.69, 9.17) is 9.47 Å². The third-order valence-corrected chi connectivity index (χ3v) is 4.54. The lowest BCUT2D eigenvalue weighted by molar-refractivity contribution is 0.0312. The lowest BCUT2D eigenvalue weighted by Crippen LogP contribution is -2.11. The van der Waals surface area contributed by atoms with Gasteiger partial charge in [-0.2, -0.15) is 0 Å². The molecule has 0 aliphatic rings. The van der Waals surface area contributed by atoms with Crippen LogP contribution >= 0.6 is 0 Å². The number of rotatable bonds is 15. The van der Waals surface area contributed by atoms with E-state index in [1.807, 2.05) is 24.3 Å². The van der Waals surface area contributed by atoms with Crippen LogP contribution in [-0.2, 0) is 15.9 Å². The second kappa shape index (κ2) is 14.8. The van der Waals surface area contributed by atoms with E-state index >= 15 is 0 Å². The first-order chi connectivity index (χ1) is 12.6.